The second kappa shape index (κ2) is 14.7. The maximum Gasteiger partial charge on any atom is 0.0159 e. The van der Waals surface area contributed by atoms with E-state index in [0.717, 1.165) is 0 Å². The molecule has 0 spiro atoms. The maximum absolute atomic E-state index is 2.49. The van der Waals surface area contributed by atoms with Crippen LogP contribution in [-0.4, -0.2) is 0 Å². The maximum atomic E-state index is 2.49. The van der Waals surface area contributed by atoms with E-state index in [4.69, 9.17) is 0 Å². The molecule has 0 bridgehead atoms. The van der Waals surface area contributed by atoms with E-state index in [1.807, 2.05) is 0 Å². The van der Waals surface area contributed by atoms with Crippen molar-refractivity contribution in [3.63, 3.8) is 0 Å². The van der Waals surface area contributed by atoms with Gasteiger partial charge in [0.2, 0.25) is 0 Å². The number of hydrogen-bond acceptors (Lipinski definition) is 0. The van der Waals surface area contributed by atoms with Crippen LogP contribution in [0.5, 0.6) is 0 Å². The highest BCUT2D eigenvalue weighted by Crippen LogP contribution is 2.56. The molecule has 4 aliphatic rings. The van der Waals surface area contributed by atoms with E-state index in [9.17, 15) is 0 Å². The molecule has 0 radical (unpaired) electrons. The summed E-state index contributed by atoms with van der Waals surface area (Å²) >= 11 is 0. The summed E-state index contributed by atoms with van der Waals surface area (Å²) in [6.07, 6.45) is 0. The lowest BCUT2D eigenvalue weighted by Gasteiger charge is -2.24. The van der Waals surface area contributed by atoms with Gasteiger partial charge in [-0.1, -0.05) is 219 Å². The van der Waals surface area contributed by atoms with E-state index in [2.05, 4.69) is 262 Å². The van der Waals surface area contributed by atoms with Crippen molar-refractivity contribution in [1.82, 2.24) is 0 Å². The summed E-state index contributed by atoms with van der Waals surface area (Å²) in [7, 11) is 0. The second-order valence-electron chi connectivity index (χ2n) is 24.8. The normalized spacial score (nSPS) is 16.1. The van der Waals surface area contributed by atoms with Crippen molar-refractivity contribution < 1.29 is 0 Å². The molecule has 362 valence electrons. The van der Waals surface area contributed by atoms with Gasteiger partial charge in [0, 0.05) is 21.7 Å². The monoisotopic (exact) mass is 970 g/mol. The highest BCUT2D eigenvalue weighted by Gasteiger charge is 2.40. The molecule has 0 N–H and O–H groups in total. The van der Waals surface area contributed by atoms with Gasteiger partial charge in [0.15, 0.2) is 0 Å². The summed E-state index contributed by atoms with van der Waals surface area (Å²) in [5.41, 5.74) is 31.9. The van der Waals surface area contributed by atoms with Crippen molar-refractivity contribution in [2.75, 3.05) is 0 Å². The lowest BCUT2D eigenvalue weighted by molar-refractivity contribution is 0.659. The molecule has 76 heavy (non-hydrogen) atoms. The van der Waals surface area contributed by atoms with Gasteiger partial charge in [-0.2, -0.15) is 0 Å². The van der Waals surface area contributed by atoms with Crippen LogP contribution in [0.15, 0.2) is 206 Å². The van der Waals surface area contributed by atoms with Crippen LogP contribution in [-0.2, 0) is 21.7 Å². The van der Waals surface area contributed by atoms with E-state index >= 15 is 0 Å². The molecule has 4 aliphatic carbocycles. The highest BCUT2D eigenvalue weighted by atomic mass is 14.4. The number of benzene rings is 12. The Kier molecular flexibility index (Phi) is 8.54. The van der Waals surface area contributed by atoms with Gasteiger partial charge in [0.05, 0.1) is 0 Å². The third kappa shape index (κ3) is 5.75. The molecule has 12 aromatic rings. The van der Waals surface area contributed by atoms with Gasteiger partial charge < -0.3 is 0 Å². The SMILES string of the molecule is CC1(C)c2ccccc2-c2ccc(-c3ccc4c(c3)C(C)(C)c3cc(-c5ccc6c(c5)C(C)(C)c5cc(-c7ccc8c(c7)C(C)(C)c7cc(-c9ccc%10ccc%11cccc%12ccc9c%10c%11%12)ccc7-8)ccc5-6)ccc3-4)cc21. The third-order valence-electron chi connectivity index (χ3n) is 19.5. The van der Waals surface area contributed by atoms with Crippen molar-refractivity contribution in [3.05, 3.63) is 251 Å². The molecule has 0 amide bonds. The van der Waals surface area contributed by atoms with Gasteiger partial charge in [0.1, 0.15) is 0 Å². The minimum Gasteiger partial charge on any atom is -0.0619 e. The van der Waals surface area contributed by atoms with E-state index < -0.39 is 0 Å². The van der Waals surface area contributed by atoms with Crippen LogP contribution in [0.2, 0.25) is 0 Å². The van der Waals surface area contributed by atoms with Crippen LogP contribution in [0.4, 0.5) is 0 Å². The first-order valence-corrected chi connectivity index (χ1v) is 27.5. The Hall–Kier alpha value is -8.32. The third-order valence-corrected chi connectivity index (χ3v) is 19.5. The molecule has 0 nitrogen and oxygen atoms in total. The lowest BCUT2D eigenvalue weighted by atomic mass is 9.79. The second-order valence-corrected chi connectivity index (χ2v) is 24.8. The molecule has 12 aromatic carbocycles. The quantitative estimate of drug-likeness (QED) is 0.154. The Balaban J connectivity index is 0.693. The average Bonchev–Trinajstić information content (AvgIpc) is 4.10. The fourth-order valence-electron chi connectivity index (χ4n) is 15.1. The van der Waals surface area contributed by atoms with Crippen molar-refractivity contribution in [1.29, 1.82) is 0 Å². The van der Waals surface area contributed by atoms with E-state index in [1.165, 1.54) is 166 Å². The molecule has 16 rings (SSSR count). The fourth-order valence-corrected chi connectivity index (χ4v) is 15.1. The smallest absolute Gasteiger partial charge is 0.0159 e. The Morgan fingerprint density at radius 2 is 0.474 bits per heavy atom. The molecule has 0 atom stereocenters. The van der Waals surface area contributed by atoms with Crippen LogP contribution in [0.25, 0.3) is 121 Å². The van der Waals surface area contributed by atoms with Crippen LogP contribution < -0.4 is 0 Å². The van der Waals surface area contributed by atoms with Gasteiger partial charge in [-0.3, -0.25) is 0 Å². The summed E-state index contributed by atoms with van der Waals surface area (Å²) in [5.74, 6) is 0. The standard InChI is InChI=1S/C76H58/c1-73(2)63-15-10-9-14-54(63)55-28-20-46(36-64(55)73)47-21-29-56-57-30-22-48(38-66(57)74(3,4)65(56)37-47)49-23-31-58-59-32-24-50(40-68(59)75(5,6)67(58)39-49)51-25-33-60-61-34-26-52(42-70(61)76(7,8)69(60)41-51)53-27-18-45-17-16-43-12-11-13-44-19-35-62(53)72(45)71(43)44/h9-42H,1-8H3. The molecule has 0 heterocycles. The Labute approximate surface area is 446 Å². The van der Waals surface area contributed by atoms with Crippen molar-refractivity contribution in [2.24, 2.45) is 0 Å². The molecule has 0 aliphatic heterocycles. The zero-order valence-electron chi connectivity index (χ0n) is 44.6. The van der Waals surface area contributed by atoms with Gasteiger partial charge in [-0.25, -0.2) is 0 Å². The summed E-state index contributed by atoms with van der Waals surface area (Å²) in [5, 5.41) is 7.97. The van der Waals surface area contributed by atoms with Gasteiger partial charge in [0.25, 0.3) is 0 Å². The number of rotatable bonds is 4. The largest absolute Gasteiger partial charge is 0.0619 e. The van der Waals surface area contributed by atoms with Crippen molar-refractivity contribution in [2.45, 2.75) is 77.0 Å². The molecule has 0 unspecified atom stereocenters. The minimum absolute atomic E-state index is 0.0275. The number of fused-ring (bicyclic) bond motifs is 12. The zero-order chi connectivity index (χ0) is 51.4. The summed E-state index contributed by atoms with van der Waals surface area (Å²) in [6, 6.07) is 79.9. The van der Waals surface area contributed by atoms with Gasteiger partial charge >= 0.3 is 0 Å². The van der Waals surface area contributed by atoms with Crippen molar-refractivity contribution in [3.8, 4) is 89.0 Å². The predicted octanol–water partition coefficient (Wildman–Crippen LogP) is 20.5. The predicted molar refractivity (Wildman–Crippen MR) is 322 cm³/mol. The van der Waals surface area contributed by atoms with Crippen LogP contribution in [0.3, 0.4) is 0 Å². The molecular weight excluding hydrogens is 913 g/mol. The lowest BCUT2D eigenvalue weighted by Crippen LogP contribution is -2.16. The molecule has 0 saturated carbocycles. The van der Waals surface area contributed by atoms with E-state index in [1.54, 1.807) is 0 Å². The summed E-state index contributed by atoms with van der Waals surface area (Å²) < 4.78 is 0. The first kappa shape index (κ1) is 44.0. The molecule has 0 heteroatoms. The summed E-state index contributed by atoms with van der Waals surface area (Å²) in [6.45, 7) is 19.3. The van der Waals surface area contributed by atoms with Crippen LogP contribution in [0, 0.1) is 0 Å². The van der Waals surface area contributed by atoms with Gasteiger partial charge in [-0.15, -0.1) is 0 Å². The van der Waals surface area contributed by atoms with Crippen LogP contribution in [0.1, 0.15) is 99.9 Å². The summed E-state index contributed by atoms with van der Waals surface area (Å²) in [4.78, 5) is 0. The van der Waals surface area contributed by atoms with Crippen molar-refractivity contribution >= 4 is 32.3 Å². The first-order valence-electron chi connectivity index (χ1n) is 27.5. The molecular formula is C76H58. The van der Waals surface area contributed by atoms with Gasteiger partial charge in [-0.05, 0) is 208 Å². The zero-order valence-corrected chi connectivity index (χ0v) is 44.6. The molecule has 0 fully saturated rings. The minimum atomic E-state index is -0.164. The molecule has 0 aromatic heterocycles. The average molecular weight is 971 g/mol. The number of hydrogen-bond donors (Lipinski definition) is 0. The Morgan fingerprint density at radius 1 is 0.197 bits per heavy atom. The fraction of sp³-hybridized carbons (Fsp3) is 0.158. The topological polar surface area (TPSA) is 0 Å². The Morgan fingerprint density at radius 3 is 0.868 bits per heavy atom. The van der Waals surface area contributed by atoms with E-state index in [0.29, 0.717) is 0 Å². The Bertz CT molecular complexity index is 4550. The van der Waals surface area contributed by atoms with Crippen LogP contribution >= 0.6 is 0 Å². The molecule has 0 saturated heterocycles. The van der Waals surface area contributed by atoms with E-state index in [-0.39, 0.29) is 21.7 Å². The highest BCUT2D eigenvalue weighted by molar-refractivity contribution is 6.25. The first-order chi connectivity index (χ1) is 36.7.